The molecular formula is C17H23N3O2. The van der Waals surface area contributed by atoms with Crippen LogP contribution in [0.15, 0.2) is 24.3 Å². The van der Waals surface area contributed by atoms with Crippen LogP contribution in [0.3, 0.4) is 0 Å². The fraction of sp³-hybridized carbons (Fsp3) is 0.412. The zero-order valence-electron chi connectivity index (χ0n) is 13.2. The molecule has 5 heteroatoms. The van der Waals surface area contributed by atoms with Crippen molar-refractivity contribution >= 4 is 17.5 Å². The minimum Gasteiger partial charge on any atom is -0.344 e. The molecule has 5 nitrogen and oxygen atoms in total. The maximum atomic E-state index is 12.1. The largest absolute Gasteiger partial charge is 0.344 e. The predicted octanol–water partition coefficient (Wildman–Crippen LogP) is 1.39. The molecule has 0 heterocycles. The number of carbonyl (C=O) groups excluding carboxylic acids is 2. The highest BCUT2D eigenvalue weighted by molar-refractivity contribution is 5.93. The van der Waals surface area contributed by atoms with Crippen molar-refractivity contribution in [2.24, 2.45) is 0 Å². The van der Waals surface area contributed by atoms with Crippen LogP contribution in [0.1, 0.15) is 18.9 Å². The fourth-order valence-electron chi connectivity index (χ4n) is 2.04. The van der Waals surface area contributed by atoms with Gasteiger partial charge in [0.15, 0.2) is 0 Å². The van der Waals surface area contributed by atoms with E-state index in [9.17, 15) is 9.59 Å². The van der Waals surface area contributed by atoms with Crippen LogP contribution in [0.25, 0.3) is 0 Å². The molecule has 0 saturated heterocycles. The zero-order chi connectivity index (χ0) is 16.4. The summed E-state index contributed by atoms with van der Waals surface area (Å²) >= 11 is 0. The lowest BCUT2D eigenvalue weighted by atomic mass is 10.2. The van der Waals surface area contributed by atoms with Crippen LogP contribution in [-0.4, -0.2) is 42.9 Å². The van der Waals surface area contributed by atoms with Gasteiger partial charge in [-0.15, -0.1) is 6.42 Å². The highest BCUT2D eigenvalue weighted by Crippen LogP contribution is 2.12. The standard InChI is InChI=1S/C17H23N3O2/c1-4-10-18-16(21)12-20(11-5-2)13-17(22)19-15-9-7-6-8-14(15)3/h1,6-9H,5,10-13H2,2-3H3,(H,18,21)(H,19,22). The molecule has 2 N–H and O–H groups in total. The van der Waals surface area contributed by atoms with E-state index in [0.717, 1.165) is 17.7 Å². The van der Waals surface area contributed by atoms with Crippen LogP contribution in [0.4, 0.5) is 5.69 Å². The molecule has 0 atom stereocenters. The number of aryl methyl sites for hydroxylation is 1. The van der Waals surface area contributed by atoms with Gasteiger partial charge in [-0.2, -0.15) is 0 Å². The third-order valence-corrected chi connectivity index (χ3v) is 3.08. The van der Waals surface area contributed by atoms with E-state index >= 15 is 0 Å². The van der Waals surface area contributed by atoms with E-state index in [1.165, 1.54) is 0 Å². The van der Waals surface area contributed by atoms with Gasteiger partial charge >= 0.3 is 0 Å². The van der Waals surface area contributed by atoms with E-state index in [-0.39, 0.29) is 31.4 Å². The quantitative estimate of drug-likeness (QED) is 0.713. The van der Waals surface area contributed by atoms with Gasteiger partial charge in [-0.25, -0.2) is 0 Å². The van der Waals surface area contributed by atoms with E-state index in [2.05, 4.69) is 16.6 Å². The molecule has 0 aliphatic carbocycles. The van der Waals surface area contributed by atoms with Crippen LogP contribution < -0.4 is 10.6 Å². The van der Waals surface area contributed by atoms with E-state index < -0.39 is 0 Å². The number of anilines is 1. The Balaban J connectivity index is 2.55. The summed E-state index contributed by atoms with van der Waals surface area (Å²) in [5.41, 5.74) is 1.80. The average molecular weight is 301 g/mol. The number of amides is 2. The van der Waals surface area contributed by atoms with Crippen molar-refractivity contribution in [3.63, 3.8) is 0 Å². The maximum Gasteiger partial charge on any atom is 0.238 e. The molecule has 0 bridgehead atoms. The van der Waals surface area contributed by atoms with Gasteiger partial charge in [0, 0.05) is 5.69 Å². The van der Waals surface area contributed by atoms with E-state index in [1.807, 2.05) is 38.1 Å². The third-order valence-electron chi connectivity index (χ3n) is 3.08. The second kappa shape index (κ2) is 9.59. The van der Waals surface area contributed by atoms with Crippen LogP contribution in [-0.2, 0) is 9.59 Å². The van der Waals surface area contributed by atoms with Gasteiger partial charge in [-0.3, -0.25) is 14.5 Å². The van der Waals surface area contributed by atoms with Crippen LogP contribution >= 0.6 is 0 Å². The Kier molecular flexibility index (Phi) is 7.73. The maximum absolute atomic E-state index is 12.1. The van der Waals surface area contributed by atoms with Crippen LogP contribution in [0, 0.1) is 19.3 Å². The average Bonchev–Trinajstić information content (AvgIpc) is 2.47. The summed E-state index contributed by atoms with van der Waals surface area (Å²) in [6.45, 7) is 5.15. The summed E-state index contributed by atoms with van der Waals surface area (Å²) in [5.74, 6) is 2.05. The lowest BCUT2D eigenvalue weighted by Gasteiger charge is -2.20. The zero-order valence-corrected chi connectivity index (χ0v) is 13.2. The molecule has 0 aliphatic rings. The molecule has 0 fully saturated rings. The lowest BCUT2D eigenvalue weighted by molar-refractivity contribution is -0.123. The van der Waals surface area contributed by atoms with Crippen molar-refractivity contribution < 1.29 is 9.59 Å². The third kappa shape index (κ3) is 6.42. The number of nitrogens with one attached hydrogen (secondary N) is 2. The molecule has 0 aromatic heterocycles. The summed E-state index contributed by atoms with van der Waals surface area (Å²) in [6, 6.07) is 7.59. The monoisotopic (exact) mass is 301 g/mol. The molecule has 1 aromatic carbocycles. The van der Waals surface area contributed by atoms with Gasteiger partial charge in [0.2, 0.25) is 11.8 Å². The highest BCUT2D eigenvalue weighted by Gasteiger charge is 2.14. The first-order valence-corrected chi connectivity index (χ1v) is 7.34. The second-order valence-electron chi connectivity index (χ2n) is 5.05. The Hall–Kier alpha value is -2.32. The summed E-state index contributed by atoms with van der Waals surface area (Å²) in [7, 11) is 0. The number of hydrogen-bond donors (Lipinski definition) is 2. The molecule has 22 heavy (non-hydrogen) atoms. The van der Waals surface area contributed by atoms with E-state index in [0.29, 0.717) is 6.54 Å². The van der Waals surface area contributed by atoms with Gasteiger partial charge < -0.3 is 10.6 Å². The SMILES string of the molecule is C#CCNC(=O)CN(CCC)CC(=O)Nc1ccccc1C. The predicted molar refractivity (Wildman–Crippen MR) is 88.4 cm³/mol. The Labute approximate surface area is 132 Å². The highest BCUT2D eigenvalue weighted by atomic mass is 16.2. The summed E-state index contributed by atoms with van der Waals surface area (Å²) in [4.78, 5) is 25.6. The molecule has 0 saturated carbocycles. The molecule has 0 radical (unpaired) electrons. The van der Waals surface area contributed by atoms with Gasteiger partial charge in [-0.1, -0.05) is 31.0 Å². The van der Waals surface area contributed by atoms with E-state index in [1.54, 1.807) is 4.90 Å². The molecule has 2 amide bonds. The molecule has 1 rings (SSSR count). The topological polar surface area (TPSA) is 61.4 Å². The minimum atomic E-state index is -0.171. The Morgan fingerprint density at radius 1 is 1.23 bits per heavy atom. The van der Waals surface area contributed by atoms with Gasteiger partial charge in [0.25, 0.3) is 0 Å². The minimum absolute atomic E-state index is 0.132. The number of terminal acetylenes is 1. The molecule has 0 unspecified atom stereocenters. The molecule has 0 spiro atoms. The Morgan fingerprint density at radius 2 is 1.91 bits per heavy atom. The van der Waals surface area contributed by atoms with Crippen molar-refractivity contribution in [3.8, 4) is 12.3 Å². The number of para-hydroxylation sites is 1. The normalized spacial score (nSPS) is 10.1. The smallest absolute Gasteiger partial charge is 0.238 e. The van der Waals surface area contributed by atoms with Gasteiger partial charge in [0.1, 0.15) is 0 Å². The number of hydrogen-bond acceptors (Lipinski definition) is 3. The van der Waals surface area contributed by atoms with Gasteiger partial charge in [-0.05, 0) is 31.5 Å². The molecule has 118 valence electrons. The fourth-order valence-corrected chi connectivity index (χ4v) is 2.04. The van der Waals surface area contributed by atoms with Crippen LogP contribution in [0.5, 0.6) is 0 Å². The van der Waals surface area contributed by atoms with E-state index in [4.69, 9.17) is 6.42 Å². The van der Waals surface area contributed by atoms with Crippen molar-refractivity contribution in [1.82, 2.24) is 10.2 Å². The summed E-state index contributed by atoms with van der Waals surface area (Å²) in [6.07, 6.45) is 5.97. The summed E-state index contributed by atoms with van der Waals surface area (Å²) < 4.78 is 0. The second-order valence-corrected chi connectivity index (χ2v) is 5.05. The number of rotatable bonds is 8. The first-order chi connectivity index (χ1) is 10.6. The Bertz CT molecular complexity index is 549. The molecular weight excluding hydrogens is 278 g/mol. The van der Waals surface area contributed by atoms with Gasteiger partial charge in [0.05, 0.1) is 19.6 Å². The van der Waals surface area contributed by atoms with Crippen LogP contribution in [0.2, 0.25) is 0 Å². The van der Waals surface area contributed by atoms with Crippen molar-refractivity contribution in [1.29, 1.82) is 0 Å². The molecule has 1 aromatic rings. The Morgan fingerprint density at radius 3 is 2.55 bits per heavy atom. The molecule has 0 aliphatic heterocycles. The summed E-state index contributed by atoms with van der Waals surface area (Å²) in [5, 5.41) is 5.48. The first-order valence-electron chi connectivity index (χ1n) is 7.34. The van der Waals surface area contributed by atoms with Crippen molar-refractivity contribution in [2.45, 2.75) is 20.3 Å². The number of nitrogens with zero attached hydrogens (tertiary/aromatic N) is 1. The van der Waals surface area contributed by atoms with Crippen molar-refractivity contribution in [2.75, 3.05) is 31.5 Å². The number of carbonyl (C=O) groups is 2. The van der Waals surface area contributed by atoms with Crippen molar-refractivity contribution in [3.05, 3.63) is 29.8 Å². The first kappa shape index (κ1) is 17.7. The lowest BCUT2D eigenvalue weighted by Crippen LogP contribution is -2.41. The number of benzene rings is 1.